The van der Waals surface area contributed by atoms with Crippen molar-refractivity contribution in [1.29, 1.82) is 0 Å². The van der Waals surface area contributed by atoms with E-state index in [4.69, 9.17) is 5.11 Å². The Labute approximate surface area is 148 Å². The zero-order valence-corrected chi connectivity index (χ0v) is 15.2. The lowest BCUT2D eigenvalue weighted by molar-refractivity contribution is -0.136. The van der Waals surface area contributed by atoms with E-state index in [1.54, 1.807) is 0 Å². The van der Waals surface area contributed by atoms with Crippen molar-refractivity contribution in [2.75, 3.05) is 0 Å². The highest BCUT2D eigenvalue weighted by Gasteiger charge is 1.90. The van der Waals surface area contributed by atoms with Gasteiger partial charge in [0, 0.05) is 6.42 Å². The van der Waals surface area contributed by atoms with Gasteiger partial charge in [0.05, 0.1) is 0 Å². The Kier molecular flexibility index (Phi) is 17.8. The molecule has 134 valence electrons. The maximum atomic E-state index is 10.3. The molecule has 0 aromatic rings. The number of allylic oxidation sites excluding steroid dienone is 10. The van der Waals surface area contributed by atoms with Crippen LogP contribution in [0.4, 0.5) is 0 Å². The summed E-state index contributed by atoms with van der Waals surface area (Å²) < 4.78 is 0. The van der Waals surface area contributed by atoms with Crippen LogP contribution in [0.1, 0.15) is 71.1 Å². The third-order valence-corrected chi connectivity index (χ3v) is 3.45. The van der Waals surface area contributed by atoms with Crippen LogP contribution in [0.3, 0.4) is 0 Å². The van der Waals surface area contributed by atoms with E-state index in [0.29, 0.717) is 6.42 Å². The quantitative estimate of drug-likeness (QED) is 0.204. The molecule has 0 aliphatic heterocycles. The molecule has 0 aromatic heterocycles. The van der Waals surface area contributed by atoms with Crippen molar-refractivity contribution in [3.05, 3.63) is 60.8 Å². The first-order chi connectivity index (χ1) is 11.8. The topological polar surface area (TPSA) is 37.3 Å². The summed E-state index contributed by atoms with van der Waals surface area (Å²) in [4.78, 5) is 10.3. The van der Waals surface area contributed by atoms with Crippen LogP contribution in [0.15, 0.2) is 60.8 Å². The van der Waals surface area contributed by atoms with Crippen LogP contribution in [-0.2, 0) is 4.79 Å². The van der Waals surface area contributed by atoms with Gasteiger partial charge in [-0.2, -0.15) is 0 Å². The Morgan fingerprint density at radius 3 is 1.92 bits per heavy atom. The lowest BCUT2D eigenvalue weighted by Crippen LogP contribution is -1.91. The van der Waals surface area contributed by atoms with Gasteiger partial charge in [-0.1, -0.05) is 86.9 Å². The van der Waals surface area contributed by atoms with E-state index in [2.05, 4.69) is 55.5 Å². The summed E-state index contributed by atoms with van der Waals surface area (Å²) in [5, 5.41) is 8.49. The van der Waals surface area contributed by atoms with Gasteiger partial charge >= 0.3 is 5.97 Å². The minimum absolute atomic E-state index is 0.213. The minimum Gasteiger partial charge on any atom is -0.481 e. The molecule has 0 amide bonds. The fourth-order valence-electron chi connectivity index (χ4n) is 2.06. The molecule has 0 rings (SSSR count). The van der Waals surface area contributed by atoms with Crippen LogP contribution in [0.2, 0.25) is 0 Å². The molecule has 0 saturated carbocycles. The highest BCUT2D eigenvalue weighted by atomic mass is 16.4. The zero-order chi connectivity index (χ0) is 17.7. The van der Waals surface area contributed by atoms with Gasteiger partial charge in [-0.25, -0.2) is 0 Å². The number of unbranched alkanes of at least 4 members (excludes halogenated alkanes) is 4. The standard InChI is InChI=1S/C22H34O2/c1-2-3-4-5-6-7-8-9-10-11-12-13-14-15-16-17-18-19-20-21-22(23)24/h7-10,12-13,15-16,18-19H,2-6,11,14,17,20-21H2,1H3,(H,23,24)/b8-7+,10-9+,13-12+,16-15+,19-18+. The summed E-state index contributed by atoms with van der Waals surface area (Å²) in [6.07, 6.45) is 31.4. The first-order valence-electron chi connectivity index (χ1n) is 9.25. The molecule has 0 aromatic carbocycles. The van der Waals surface area contributed by atoms with Crippen LogP contribution in [0.5, 0.6) is 0 Å². The molecule has 0 spiro atoms. The number of carboxylic acids is 1. The maximum absolute atomic E-state index is 10.3. The van der Waals surface area contributed by atoms with Gasteiger partial charge < -0.3 is 5.11 Å². The summed E-state index contributed by atoms with van der Waals surface area (Å²) in [6.45, 7) is 2.24. The minimum atomic E-state index is -0.739. The van der Waals surface area contributed by atoms with Crippen LogP contribution in [-0.4, -0.2) is 11.1 Å². The Morgan fingerprint density at radius 2 is 1.29 bits per heavy atom. The maximum Gasteiger partial charge on any atom is 0.303 e. The first kappa shape index (κ1) is 22.2. The molecular weight excluding hydrogens is 296 g/mol. The molecule has 0 aliphatic carbocycles. The molecule has 1 N–H and O–H groups in total. The second-order valence-corrected chi connectivity index (χ2v) is 5.76. The fraction of sp³-hybridized carbons (Fsp3) is 0.500. The van der Waals surface area contributed by atoms with Crippen LogP contribution in [0.25, 0.3) is 0 Å². The van der Waals surface area contributed by atoms with E-state index in [-0.39, 0.29) is 6.42 Å². The molecule has 24 heavy (non-hydrogen) atoms. The number of rotatable bonds is 15. The van der Waals surface area contributed by atoms with Crippen molar-refractivity contribution in [2.45, 2.75) is 71.1 Å². The van der Waals surface area contributed by atoms with Gasteiger partial charge in [0.15, 0.2) is 0 Å². The monoisotopic (exact) mass is 330 g/mol. The Bertz CT molecular complexity index is 425. The van der Waals surface area contributed by atoms with Gasteiger partial charge in [-0.05, 0) is 38.5 Å². The van der Waals surface area contributed by atoms with E-state index in [9.17, 15) is 4.79 Å². The molecular formula is C22H34O2. The summed E-state index contributed by atoms with van der Waals surface area (Å²) in [5.41, 5.74) is 0. The molecule has 0 atom stereocenters. The van der Waals surface area contributed by atoms with Crippen molar-refractivity contribution in [3.63, 3.8) is 0 Å². The number of hydrogen-bond acceptors (Lipinski definition) is 1. The van der Waals surface area contributed by atoms with E-state index >= 15 is 0 Å². The second kappa shape index (κ2) is 19.2. The van der Waals surface area contributed by atoms with Gasteiger partial charge in [0.1, 0.15) is 0 Å². The molecule has 0 heterocycles. The lowest BCUT2D eigenvalue weighted by Gasteiger charge is -1.92. The lowest BCUT2D eigenvalue weighted by atomic mass is 10.1. The van der Waals surface area contributed by atoms with Crippen LogP contribution in [0, 0.1) is 0 Å². The summed E-state index contributed by atoms with van der Waals surface area (Å²) in [7, 11) is 0. The Morgan fingerprint density at radius 1 is 0.708 bits per heavy atom. The number of hydrogen-bond donors (Lipinski definition) is 1. The van der Waals surface area contributed by atoms with Gasteiger partial charge in [0.2, 0.25) is 0 Å². The molecule has 0 bridgehead atoms. The Balaban J connectivity index is 3.48. The van der Waals surface area contributed by atoms with Gasteiger partial charge in [-0.15, -0.1) is 0 Å². The number of aliphatic carboxylic acids is 1. The van der Waals surface area contributed by atoms with Crippen LogP contribution >= 0.6 is 0 Å². The smallest absolute Gasteiger partial charge is 0.303 e. The molecule has 0 unspecified atom stereocenters. The normalized spacial score (nSPS) is 12.7. The predicted octanol–water partition coefficient (Wildman–Crippen LogP) is 6.77. The average Bonchev–Trinajstić information content (AvgIpc) is 2.56. The van der Waals surface area contributed by atoms with E-state index in [0.717, 1.165) is 19.3 Å². The third kappa shape index (κ3) is 20.2. The summed E-state index contributed by atoms with van der Waals surface area (Å²) in [6, 6.07) is 0. The SMILES string of the molecule is CCCCCC/C=C/C=C/C/C=C/C/C=C/C/C=C/CCC(=O)O. The van der Waals surface area contributed by atoms with Crippen molar-refractivity contribution < 1.29 is 9.90 Å². The summed E-state index contributed by atoms with van der Waals surface area (Å²) >= 11 is 0. The van der Waals surface area contributed by atoms with Gasteiger partial charge in [-0.3, -0.25) is 4.79 Å². The fourth-order valence-corrected chi connectivity index (χ4v) is 2.06. The largest absolute Gasteiger partial charge is 0.481 e. The molecule has 0 aliphatic rings. The molecule has 2 heteroatoms. The molecule has 0 radical (unpaired) electrons. The molecule has 0 fully saturated rings. The number of carboxylic acid groups (broad SMARTS) is 1. The highest BCUT2D eigenvalue weighted by molar-refractivity contribution is 5.66. The van der Waals surface area contributed by atoms with Crippen molar-refractivity contribution in [1.82, 2.24) is 0 Å². The second-order valence-electron chi connectivity index (χ2n) is 5.76. The Hall–Kier alpha value is -1.83. The van der Waals surface area contributed by atoms with E-state index < -0.39 is 5.97 Å². The third-order valence-electron chi connectivity index (χ3n) is 3.45. The van der Waals surface area contributed by atoms with Crippen LogP contribution < -0.4 is 0 Å². The molecule has 2 nitrogen and oxygen atoms in total. The van der Waals surface area contributed by atoms with Crippen molar-refractivity contribution >= 4 is 5.97 Å². The average molecular weight is 331 g/mol. The predicted molar refractivity (Wildman–Crippen MR) is 105 cm³/mol. The highest BCUT2D eigenvalue weighted by Crippen LogP contribution is 2.03. The van der Waals surface area contributed by atoms with Gasteiger partial charge in [0.25, 0.3) is 0 Å². The number of carbonyl (C=O) groups is 1. The first-order valence-corrected chi connectivity index (χ1v) is 9.25. The van der Waals surface area contributed by atoms with E-state index in [1.165, 1.54) is 32.1 Å². The van der Waals surface area contributed by atoms with Crippen molar-refractivity contribution in [3.8, 4) is 0 Å². The summed E-state index contributed by atoms with van der Waals surface area (Å²) in [5.74, 6) is -0.739. The van der Waals surface area contributed by atoms with E-state index in [1.807, 2.05) is 12.2 Å². The zero-order valence-electron chi connectivity index (χ0n) is 15.2. The molecule has 0 saturated heterocycles. The van der Waals surface area contributed by atoms with Crippen molar-refractivity contribution in [2.24, 2.45) is 0 Å².